The summed E-state index contributed by atoms with van der Waals surface area (Å²) in [5, 5.41) is 1.30. The molecule has 0 saturated carbocycles. The van der Waals surface area contributed by atoms with Crippen LogP contribution >= 0.6 is 0 Å². The first-order valence-electron chi connectivity index (χ1n) is 18.0. The van der Waals surface area contributed by atoms with Gasteiger partial charge in [-0.05, 0) is 63.3 Å². The van der Waals surface area contributed by atoms with Gasteiger partial charge in [-0.1, -0.05) is 36.3 Å². The van der Waals surface area contributed by atoms with Crippen LogP contribution in [-0.4, -0.2) is 88.9 Å². The molecule has 3 aliphatic heterocycles. The van der Waals surface area contributed by atoms with Crippen LogP contribution in [0, 0.1) is 24.0 Å². The van der Waals surface area contributed by atoms with E-state index in [0.717, 1.165) is 12.8 Å². The third-order valence-corrected chi connectivity index (χ3v) is 11.2. The van der Waals surface area contributed by atoms with Crippen LogP contribution in [0.25, 0.3) is 32.9 Å². The van der Waals surface area contributed by atoms with E-state index in [1.165, 1.54) is 24.4 Å². The van der Waals surface area contributed by atoms with Crippen LogP contribution in [0.15, 0.2) is 65.7 Å². The SMILES string of the molecule is C#Cc1c(F)ccc2cccc(-c3ncc4c(N5C[C@H]6CC[C@@H](C5)N6C(=O)OC(C)(C)C)nc(O[C@H]5CCN(c6cccc(S(=O)(=O)O)c6)C5)nc4c3F)c12. The molecule has 284 valence electrons. The van der Waals surface area contributed by atoms with Gasteiger partial charge < -0.3 is 19.3 Å². The van der Waals surface area contributed by atoms with E-state index >= 15 is 4.39 Å². The Hall–Kier alpha value is -5.59. The number of aromatic nitrogens is 3. The number of ether oxygens (including phenoxy) is 2. The molecule has 3 atom stereocenters. The molecule has 1 amide bonds. The Bertz CT molecular complexity index is 2510. The first-order valence-corrected chi connectivity index (χ1v) is 19.4. The van der Waals surface area contributed by atoms with Crippen LogP contribution in [0.5, 0.6) is 6.01 Å². The van der Waals surface area contributed by atoms with Gasteiger partial charge in [0.05, 0.1) is 34.5 Å². The summed E-state index contributed by atoms with van der Waals surface area (Å²) in [5.74, 6) is 1.42. The van der Waals surface area contributed by atoms with Crippen molar-refractivity contribution in [1.82, 2.24) is 19.9 Å². The molecule has 3 aromatic carbocycles. The molecule has 8 rings (SSSR count). The maximum absolute atomic E-state index is 17.0. The lowest BCUT2D eigenvalue weighted by Crippen LogP contribution is -2.57. The minimum atomic E-state index is -4.40. The molecule has 0 radical (unpaired) electrons. The van der Waals surface area contributed by atoms with Crippen molar-refractivity contribution in [1.29, 1.82) is 0 Å². The molecule has 1 N–H and O–H groups in total. The average Bonchev–Trinajstić information content (AvgIpc) is 3.71. The van der Waals surface area contributed by atoms with E-state index in [2.05, 4.69) is 15.9 Å². The lowest BCUT2D eigenvalue weighted by molar-refractivity contribution is 0.0122. The van der Waals surface area contributed by atoms with Crippen LogP contribution in [0.3, 0.4) is 0 Å². The number of fused-ring (bicyclic) bond motifs is 4. The first kappa shape index (κ1) is 36.4. The number of anilines is 2. The Labute approximate surface area is 316 Å². The zero-order valence-electron chi connectivity index (χ0n) is 30.4. The minimum Gasteiger partial charge on any atom is -0.458 e. The summed E-state index contributed by atoms with van der Waals surface area (Å²) in [6.45, 7) is 7.14. The van der Waals surface area contributed by atoms with Gasteiger partial charge in [0.25, 0.3) is 10.1 Å². The normalized spacial score (nSPS) is 19.9. The highest BCUT2D eigenvalue weighted by atomic mass is 32.2. The predicted molar refractivity (Wildman–Crippen MR) is 203 cm³/mol. The molecule has 3 aliphatic rings. The predicted octanol–water partition coefficient (Wildman–Crippen LogP) is 6.60. The number of pyridine rings is 1. The Morgan fingerprint density at radius 2 is 1.73 bits per heavy atom. The Balaban J connectivity index is 1.19. The van der Waals surface area contributed by atoms with Crippen LogP contribution in [0.1, 0.15) is 45.6 Å². The third-order valence-electron chi connectivity index (χ3n) is 10.3. The molecule has 15 heteroatoms. The summed E-state index contributed by atoms with van der Waals surface area (Å²) in [6, 6.07) is 13.5. The van der Waals surface area contributed by atoms with Crippen LogP contribution < -0.4 is 14.5 Å². The van der Waals surface area contributed by atoms with E-state index in [9.17, 15) is 22.2 Å². The topological polar surface area (TPSA) is 138 Å². The minimum absolute atomic E-state index is 0.00644. The maximum Gasteiger partial charge on any atom is 0.410 e. The van der Waals surface area contributed by atoms with Gasteiger partial charge in [0.15, 0.2) is 5.82 Å². The molecule has 5 aromatic rings. The van der Waals surface area contributed by atoms with Crippen molar-refractivity contribution in [2.75, 3.05) is 36.0 Å². The molecule has 55 heavy (non-hydrogen) atoms. The number of piperazine rings is 1. The van der Waals surface area contributed by atoms with Crippen molar-refractivity contribution in [2.24, 2.45) is 0 Å². The lowest BCUT2D eigenvalue weighted by atomic mass is 9.96. The monoisotopic (exact) mass is 768 g/mol. The summed E-state index contributed by atoms with van der Waals surface area (Å²) < 4.78 is 77.2. The van der Waals surface area contributed by atoms with Crippen molar-refractivity contribution in [3.63, 3.8) is 0 Å². The van der Waals surface area contributed by atoms with Crippen LogP contribution in [0.2, 0.25) is 0 Å². The van der Waals surface area contributed by atoms with Crippen molar-refractivity contribution < 1.29 is 36.0 Å². The molecule has 12 nitrogen and oxygen atoms in total. The molecule has 2 bridgehead atoms. The zero-order valence-corrected chi connectivity index (χ0v) is 31.2. The van der Waals surface area contributed by atoms with E-state index in [-0.39, 0.29) is 45.9 Å². The number of carbonyl (C=O) groups is 1. The number of benzene rings is 3. The number of halogens is 2. The van der Waals surface area contributed by atoms with Crippen molar-refractivity contribution in [2.45, 2.75) is 68.7 Å². The van der Waals surface area contributed by atoms with Crippen molar-refractivity contribution in [3.05, 3.63) is 78.0 Å². The Morgan fingerprint density at radius 3 is 2.44 bits per heavy atom. The van der Waals surface area contributed by atoms with E-state index in [1.54, 1.807) is 41.3 Å². The number of hydrogen-bond donors (Lipinski definition) is 1. The van der Waals surface area contributed by atoms with Gasteiger partial charge in [-0.25, -0.2) is 13.6 Å². The second-order valence-electron chi connectivity index (χ2n) is 15.1. The molecule has 0 aliphatic carbocycles. The molecule has 2 aromatic heterocycles. The lowest BCUT2D eigenvalue weighted by Gasteiger charge is -2.42. The summed E-state index contributed by atoms with van der Waals surface area (Å²) in [4.78, 5) is 32.7. The van der Waals surface area contributed by atoms with E-state index < -0.39 is 33.5 Å². The second-order valence-corrected chi connectivity index (χ2v) is 16.5. The van der Waals surface area contributed by atoms with E-state index in [4.69, 9.17) is 20.9 Å². The van der Waals surface area contributed by atoms with Crippen molar-refractivity contribution >= 4 is 49.4 Å². The quantitative estimate of drug-likeness (QED) is 0.148. The van der Waals surface area contributed by atoms with Crippen LogP contribution in [0.4, 0.5) is 25.1 Å². The molecule has 3 fully saturated rings. The number of terminal acetylenes is 1. The van der Waals surface area contributed by atoms with Gasteiger partial charge in [-0.15, -0.1) is 6.42 Å². The first-order chi connectivity index (χ1) is 26.2. The van der Waals surface area contributed by atoms with Gasteiger partial charge in [-0.3, -0.25) is 14.4 Å². The fraction of sp³-hybridized carbons (Fsp3) is 0.350. The summed E-state index contributed by atoms with van der Waals surface area (Å²) in [6.07, 6.45) is 8.44. The van der Waals surface area contributed by atoms with Gasteiger partial charge in [-0.2, -0.15) is 18.4 Å². The highest BCUT2D eigenvalue weighted by Crippen LogP contribution is 2.40. The highest BCUT2D eigenvalue weighted by molar-refractivity contribution is 7.85. The summed E-state index contributed by atoms with van der Waals surface area (Å²) in [5.41, 5.74) is 0.0897. The average molecular weight is 769 g/mol. The van der Waals surface area contributed by atoms with Gasteiger partial charge >= 0.3 is 12.1 Å². The standard InChI is InChI=1S/C40H38F2N6O6S/c1-5-29-32(41)15-12-23-8-6-11-30(33(23)29)35-34(42)36-31(19-43-35)37(47-20-25-13-14-26(21-47)48(25)39(49)54-40(2,3)4)45-38(44-36)53-27-16-17-46(22-27)24-9-7-10-28(18-24)55(50,51)52/h1,6-12,15,18-19,25-27H,13-14,16-17,20-22H2,2-4H3,(H,50,51,52)/t25-,26+,27-/m0/s1. The van der Waals surface area contributed by atoms with Gasteiger partial charge in [0, 0.05) is 48.9 Å². The maximum atomic E-state index is 17.0. The fourth-order valence-corrected chi connectivity index (χ4v) is 8.45. The molecule has 0 unspecified atom stereocenters. The molecule has 3 saturated heterocycles. The summed E-state index contributed by atoms with van der Waals surface area (Å²) >= 11 is 0. The summed E-state index contributed by atoms with van der Waals surface area (Å²) in [7, 11) is -4.40. The second kappa shape index (κ2) is 13.6. The number of amides is 1. The highest BCUT2D eigenvalue weighted by Gasteiger charge is 2.45. The Kier molecular flexibility index (Phi) is 9.01. The fourth-order valence-electron chi connectivity index (χ4n) is 7.93. The Morgan fingerprint density at radius 1 is 0.982 bits per heavy atom. The van der Waals surface area contributed by atoms with Crippen LogP contribution in [-0.2, 0) is 14.9 Å². The number of hydrogen-bond acceptors (Lipinski definition) is 10. The molecular weight excluding hydrogens is 731 g/mol. The molecule has 5 heterocycles. The molecule has 0 spiro atoms. The number of nitrogens with zero attached hydrogens (tertiary/aromatic N) is 6. The van der Waals surface area contributed by atoms with E-state index in [1.807, 2.05) is 30.6 Å². The van der Waals surface area contributed by atoms with Gasteiger partial charge in [0.1, 0.15) is 34.6 Å². The third kappa shape index (κ3) is 6.85. The molecular formula is C40H38F2N6O6S. The number of carbonyl (C=O) groups excluding carboxylic acids is 1. The van der Waals surface area contributed by atoms with Crippen molar-refractivity contribution in [3.8, 4) is 29.6 Å². The number of rotatable bonds is 6. The largest absolute Gasteiger partial charge is 0.458 e. The zero-order chi connectivity index (χ0) is 38.8. The smallest absolute Gasteiger partial charge is 0.410 e. The van der Waals surface area contributed by atoms with E-state index in [0.29, 0.717) is 65.8 Å². The van der Waals surface area contributed by atoms with Gasteiger partial charge in [0.2, 0.25) is 0 Å².